The van der Waals surface area contributed by atoms with Gasteiger partial charge in [-0.25, -0.2) is 0 Å². The maximum atomic E-state index is 5.78. The monoisotopic (exact) mass is 189 g/mol. The summed E-state index contributed by atoms with van der Waals surface area (Å²) in [6.45, 7) is 5.63. The normalized spacial score (nSPS) is 17.8. The first-order chi connectivity index (χ1) is 5.83. The van der Waals surface area contributed by atoms with Crippen LogP contribution in [0.25, 0.3) is 0 Å². The van der Waals surface area contributed by atoms with E-state index in [0.29, 0.717) is 0 Å². The molecule has 0 heterocycles. The van der Waals surface area contributed by atoms with Gasteiger partial charge < -0.3 is 0 Å². The Bertz CT molecular complexity index is 119. The van der Waals surface area contributed by atoms with E-state index in [4.69, 9.17) is 11.6 Å². The predicted molar refractivity (Wildman–Crippen MR) is 54.8 cm³/mol. The molecule has 0 aliphatic heterocycles. The van der Waals surface area contributed by atoms with Crippen molar-refractivity contribution in [3.8, 4) is 0 Å². The molecule has 12 heavy (non-hydrogen) atoms. The maximum Gasteiger partial charge on any atom is 0.0351 e. The molecule has 0 saturated heterocycles. The van der Waals surface area contributed by atoms with Crippen LogP contribution in [-0.4, -0.2) is 29.4 Å². The summed E-state index contributed by atoms with van der Waals surface area (Å²) in [7, 11) is 0. The Balaban J connectivity index is 2.38. The van der Waals surface area contributed by atoms with E-state index in [1.54, 1.807) is 0 Å². The van der Waals surface area contributed by atoms with E-state index >= 15 is 0 Å². The van der Waals surface area contributed by atoms with Crippen LogP contribution in [0.4, 0.5) is 0 Å². The summed E-state index contributed by atoms with van der Waals surface area (Å²) in [6, 6.07) is 1.64. The summed E-state index contributed by atoms with van der Waals surface area (Å²) in [5.41, 5.74) is 0. The molecule has 0 atom stereocenters. The molecule has 1 nitrogen and oxygen atoms in total. The van der Waals surface area contributed by atoms with Gasteiger partial charge in [-0.1, -0.05) is 13.8 Å². The summed E-state index contributed by atoms with van der Waals surface area (Å²) >= 11 is 5.78. The van der Waals surface area contributed by atoms with E-state index in [1.807, 2.05) is 0 Å². The Hall–Kier alpha value is 0.250. The fraction of sp³-hybridized carbons (Fsp3) is 1.00. The van der Waals surface area contributed by atoms with Gasteiger partial charge in [-0.05, 0) is 25.7 Å². The van der Waals surface area contributed by atoms with Crippen LogP contribution >= 0.6 is 11.6 Å². The van der Waals surface area contributed by atoms with Gasteiger partial charge in [-0.2, -0.15) is 0 Å². The zero-order valence-corrected chi connectivity index (χ0v) is 8.98. The van der Waals surface area contributed by atoms with Gasteiger partial charge in [0.15, 0.2) is 0 Å². The molecule has 0 aromatic rings. The largest absolute Gasteiger partial charge is 0.296 e. The minimum absolute atomic E-state index is 0.774. The Morgan fingerprint density at radius 2 is 1.92 bits per heavy atom. The van der Waals surface area contributed by atoms with Crippen molar-refractivity contribution in [3.05, 3.63) is 0 Å². The molecule has 2 heteroatoms. The lowest BCUT2D eigenvalue weighted by molar-refractivity contribution is 0.187. The van der Waals surface area contributed by atoms with E-state index in [2.05, 4.69) is 18.7 Å². The molecule has 0 bridgehead atoms. The fourth-order valence-corrected chi connectivity index (χ4v) is 2.12. The average Bonchev–Trinajstić information content (AvgIpc) is 2.88. The summed E-state index contributed by atoms with van der Waals surface area (Å²) in [5.74, 6) is 0.785. The number of hydrogen-bond donors (Lipinski definition) is 0. The van der Waals surface area contributed by atoms with Crippen molar-refractivity contribution in [3.63, 3.8) is 0 Å². The quantitative estimate of drug-likeness (QED) is 0.581. The number of alkyl halides is 1. The van der Waals surface area contributed by atoms with E-state index in [1.165, 1.54) is 25.7 Å². The molecule has 1 aliphatic rings. The maximum absolute atomic E-state index is 5.78. The third-order valence-electron chi connectivity index (χ3n) is 2.77. The van der Waals surface area contributed by atoms with Crippen molar-refractivity contribution < 1.29 is 0 Å². The van der Waals surface area contributed by atoms with Gasteiger partial charge in [-0.3, -0.25) is 4.90 Å². The van der Waals surface area contributed by atoms with Crippen LogP contribution in [0.2, 0.25) is 0 Å². The fourth-order valence-electron chi connectivity index (χ4n) is 1.92. The van der Waals surface area contributed by atoms with Gasteiger partial charge in [0.1, 0.15) is 0 Å². The SMILES string of the molecule is CCC(CC)N(CCCl)C1CC1. The van der Waals surface area contributed by atoms with Gasteiger partial charge >= 0.3 is 0 Å². The highest BCUT2D eigenvalue weighted by atomic mass is 35.5. The highest BCUT2D eigenvalue weighted by molar-refractivity contribution is 6.18. The predicted octanol–water partition coefficient (Wildman–Crippen LogP) is 2.88. The van der Waals surface area contributed by atoms with Gasteiger partial charge in [0, 0.05) is 24.5 Å². The van der Waals surface area contributed by atoms with E-state index in [-0.39, 0.29) is 0 Å². The first-order valence-corrected chi connectivity index (χ1v) is 5.68. The van der Waals surface area contributed by atoms with Crippen LogP contribution in [0.1, 0.15) is 39.5 Å². The third kappa shape index (κ3) is 2.63. The van der Waals surface area contributed by atoms with Crippen LogP contribution in [0.5, 0.6) is 0 Å². The lowest BCUT2D eigenvalue weighted by atomic mass is 10.1. The van der Waals surface area contributed by atoms with Crippen molar-refractivity contribution in [2.24, 2.45) is 0 Å². The molecule has 0 N–H and O–H groups in total. The van der Waals surface area contributed by atoms with E-state index in [9.17, 15) is 0 Å². The number of halogens is 1. The highest BCUT2D eigenvalue weighted by Crippen LogP contribution is 2.30. The summed E-state index contributed by atoms with van der Waals surface area (Å²) < 4.78 is 0. The Morgan fingerprint density at radius 3 is 2.25 bits per heavy atom. The number of rotatable bonds is 6. The molecule has 0 radical (unpaired) electrons. The average molecular weight is 190 g/mol. The molecule has 1 rings (SSSR count). The first-order valence-electron chi connectivity index (χ1n) is 5.15. The van der Waals surface area contributed by atoms with Crippen molar-refractivity contribution in [2.45, 2.75) is 51.6 Å². The topological polar surface area (TPSA) is 3.24 Å². The van der Waals surface area contributed by atoms with Crippen LogP contribution in [0.15, 0.2) is 0 Å². The van der Waals surface area contributed by atoms with E-state index < -0.39 is 0 Å². The van der Waals surface area contributed by atoms with Crippen molar-refractivity contribution >= 4 is 11.6 Å². The van der Waals surface area contributed by atoms with Gasteiger partial charge in [0.05, 0.1) is 0 Å². The van der Waals surface area contributed by atoms with Crippen molar-refractivity contribution in [2.75, 3.05) is 12.4 Å². The van der Waals surface area contributed by atoms with Gasteiger partial charge in [0.2, 0.25) is 0 Å². The molecule has 0 amide bonds. The van der Waals surface area contributed by atoms with Crippen molar-refractivity contribution in [1.29, 1.82) is 0 Å². The second-order valence-electron chi connectivity index (χ2n) is 3.63. The number of hydrogen-bond acceptors (Lipinski definition) is 1. The smallest absolute Gasteiger partial charge is 0.0351 e. The van der Waals surface area contributed by atoms with Crippen molar-refractivity contribution in [1.82, 2.24) is 4.90 Å². The second-order valence-corrected chi connectivity index (χ2v) is 4.01. The molecule has 0 spiro atoms. The Labute approximate surface area is 81.1 Å². The Kier molecular flexibility index (Phi) is 4.38. The van der Waals surface area contributed by atoms with Crippen LogP contribution in [0.3, 0.4) is 0 Å². The van der Waals surface area contributed by atoms with Crippen LogP contribution in [-0.2, 0) is 0 Å². The van der Waals surface area contributed by atoms with Crippen LogP contribution in [0, 0.1) is 0 Å². The third-order valence-corrected chi connectivity index (χ3v) is 2.94. The first kappa shape index (κ1) is 10.3. The minimum atomic E-state index is 0.774. The zero-order valence-electron chi connectivity index (χ0n) is 8.22. The summed E-state index contributed by atoms with van der Waals surface area (Å²) in [4.78, 5) is 2.60. The van der Waals surface area contributed by atoms with Crippen LogP contribution < -0.4 is 0 Å². The second kappa shape index (κ2) is 5.08. The molecule has 0 unspecified atom stereocenters. The minimum Gasteiger partial charge on any atom is -0.296 e. The molecular weight excluding hydrogens is 170 g/mol. The highest BCUT2D eigenvalue weighted by Gasteiger charge is 2.31. The lowest BCUT2D eigenvalue weighted by Crippen LogP contribution is -2.37. The Morgan fingerprint density at radius 1 is 1.33 bits per heavy atom. The number of nitrogens with zero attached hydrogens (tertiary/aromatic N) is 1. The molecule has 1 saturated carbocycles. The molecule has 1 aliphatic carbocycles. The summed E-state index contributed by atoms with van der Waals surface area (Å²) in [6.07, 6.45) is 5.33. The molecular formula is C10H20ClN. The summed E-state index contributed by atoms with van der Waals surface area (Å²) in [5, 5.41) is 0. The molecule has 0 aromatic heterocycles. The molecule has 0 aromatic carbocycles. The van der Waals surface area contributed by atoms with E-state index in [0.717, 1.165) is 24.5 Å². The van der Waals surface area contributed by atoms with Gasteiger partial charge in [-0.15, -0.1) is 11.6 Å². The molecule has 1 fully saturated rings. The standard InChI is InChI=1S/C10H20ClN/c1-3-9(4-2)12(8-7-11)10-5-6-10/h9-10H,3-8H2,1-2H3. The lowest BCUT2D eigenvalue weighted by Gasteiger charge is -2.29. The zero-order chi connectivity index (χ0) is 8.97. The van der Waals surface area contributed by atoms with Gasteiger partial charge in [0.25, 0.3) is 0 Å². The molecule has 72 valence electrons.